The van der Waals surface area contributed by atoms with Crippen molar-refractivity contribution in [2.24, 2.45) is 0 Å². The second-order valence-corrected chi connectivity index (χ2v) is 7.52. The van der Waals surface area contributed by atoms with Gasteiger partial charge in [0.05, 0.1) is 44.8 Å². The summed E-state index contributed by atoms with van der Waals surface area (Å²) in [5.74, 6) is 0.391. The van der Waals surface area contributed by atoms with Crippen LogP contribution in [0, 0.1) is 0 Å². The number of carbonyl (C=O) groups excluding carboxylic acids is 1. The van der Waals surface area contributed by atoms with E-state index >= 15 is 0 Å². The molecule has 7 heteroatoms. The van der Waals surface area contributed by atoms with E-state index < -0.39 is 0 Å². The van der Waals surface area contributed by atoms with E-state index in [4.69, 9.17) is 25.5 Å². The third-order valence-corrected chi connectivity index (χ3v) is 5.67. The highest BCUT2D eigenvalue weighted by molar-refractivity contribution is 6.30. The van der Waals surface area contributed by atoms with Crippen LogP contribution in [0.4, 0.5) is 0 Å². The molecule has 2 saturated heterocycles. The Morgan fingerprint density at radius 1 is 0.893 bits per heavy atom. The number of morpholine rings is 2. The molecular formula is C21H25ClN2O4. The zero-order valence-electron chi connectivity index (χ0n) is 15.8. The van der Waals surface area contributed by atoms with Crippen LogP contribution in [-0.4, -0.2) is 74.2 Å². The molecule has 0 spiro atoms. The van der Waals surface area contributed by atoms with Crippen molar-refractivity contribution in [3.05, 3.63) is 59.0 Å². The lowest BCUT2D eigenvalue weighted by molar-refractivity contribution is -0.0307. The summed E-state index contributed by atoms with van der Waals surface area (Å²) in [6, 6.07) is 10.8. The number of benzene rings is 1. The van der Waals surface area contributed by atoms with E-state index in [0.717, 1.165) is 18.7 Å². The Hall–Kier alpha value is -1.70. The molecule has 150 valence electrons. The van der Waals surface area contributed by atoms with Crippen LogP contribution in [0.5, 0.6) is 0 Å². The highest BCUT2D eigenvalue weighted by Gasteiger charge is 2.40. The van der Waals surface area contributed by atoms with E-state index in [9.17, 15) is 4.79 Å². The minimum atomic E-state index is -0.366. The maximum atomic E-state index is 13.6. The molecule has 2 aromatic rings. The number of ether oxygens (including phenoxy) is 2. The fourth-order valence-corrected chi connectivity index (χ4v) is 4.16. The number of carbonyl (C=O) groups is 1. The SMILES string of the molecule is O=C(c1ccco1)[C@@H]([C@H](c1ccc(Cl)cc1)N1CCOCC1)N1CCOCC1. The molecule has 1 aromatic carbocycles. The molecule has 28 heavy (non-hydrogen) atoms. The molecule has 0 saturated carbocycles. The number of nitrogens with zero attached hydrogens (tertiary/aromatic N) is 2. The Balaban J connectivity index is 1.74. The normalized spacial score (nSPS) is 21.3. The molecule has 0 amide bonds. The fourth-order valence-electron chi connectivity index (χ4n) is 4.04. The fraction of sp³-hybridized carbons (Fsp3) is 0.476. The van der Waals surface area contributed by atoms with Crippen molar-refractivity contribution in [3.8, 4) is 0 Å². The van der Waals surface area contributed by atoms with Crippen LogP contribution in [0.25, 0.3) is 0 Å². The van der Waals surface area contributed by atoms with Gasteiger partial charge in [-0.15, -0.1) is 0 Å². The summed E-state index contributed by atoms with van der Waals surface area (Å²) in [5, 5.41) is 0.685. The molecule has 4 rings (SSSR count). The van der Waals surface area contributed by atoms with Gasteiger partial charge in [-0.25, -0.2) is 0 Å². The molecule has 2 aliphatic heterocycles. The monoisotopic (exact) mass is 404 g/mol. The summed E-state index contributed by atoms with van der Waals surface area (Å²) in [5.41, 5.74) is 1.07. The minimum absolute atomic E-state index is 0.00154. The second kappa shape index (κ2) is 9.20. The predicted molar refractivity (Wildman–Crippen MR) is 106 cm³/mol. The average Bonchev–Trinajstić information content (AvgIpc) is 3.29. The van der Waals surface area contributed by atoms with Gasteiger partial charge in [0.1, 0.15) is 0 Å². The summed E-state index contributed by atoms with van der Waals surface area (Å²) in [4.78, 5) is 18.1. The predicted octanol–water partition coefficient (Wildman–Crippen LogP) is 2.89. The van der Waals surface area contributed by atoms with Crippen molar-refractivity contribution < 1.29 is 18.7 Å². The van der Waals surface area contributed by atoms with E-state index in [1.165, 1.54) is 0 Å². The van der Waals surface area contributed by atoms with Gasteiger partial charge in [-0.3, -0.25) is 14.6 Å². The molecule has 2 atom stereocenters. The molecule has 0 unspecified atom stereocenters. The van der Waals surface area contributed by atoms with Crippen molar-refractivity contribution in [3.63, 3.8) is 0 Å². The van der Waals surface area contributed by atoms with Gasteiger partial charge in [-0.2, -0.15) is 0 Å². The van der Waals surface area contributed by atoms with Crippen molar-refractivity contribution in [1.82, 2.24) is 9.80 Å². The Bertz CT molecular complexity index is 753. The molecule has 0 bridgehead atoms. The third kappa shape index (κ3) is 4.31. The highest BCUT2D eigenvalue weighted by atomic mass is 35.5. The Morgan fingerprint density at radius 3 is 2.07 bits per heavy atom. The van der Waals surface area contributed by atoms with Crippen LogP contribution in [0.2, 0.25) is 5.02 Å². The Kier molecular flexibility index (Phi) is 6.44. The third-order valence-electron chi connectivity index (χ3n) is 5.42. The summed E-state index contributed by atoms with van der Waals surface area (Å²) in [6.07, 6.45) is 1.55. The smallest absolute Gasteiger partial charge is 0.216 e. The molecule has 0 aliphatic carbocycles. The van der Waals surface area contributed by atoms with Crippen molar-refractivity contribution in [2.45, 2.75) is 12.1 Å². The van der Waals surface area contributed by atoms with Gasteiger partial charge in [0.2, 0.25) is 5.78 Å². The molecule has 0 radical (unpaired) electrons. The molecule has 3 heterocycles. The summed E-state index contributed by atoms with van der Waals surface area (Å²) in [7, 11) is 0. The number of hydrogen-bond donors (Lipinski definition) is 0. The van der Waals surface area contributed by atoms with E-state index in [1.54, 1.807) is 18.4 Å². The molecule has 2 aliphatic rings. The number of furan rings is 1. The van der Waals surface area contributed by atoms with E-state index in [0.29, 0.717) is 50.3 Å². The first kappa shape index (κ1) is 19.6. The van der Waals surface area contributed by atoms with Gasteiger partial charge in [0.15, 0.2) is 5.76 Å². The maximum Gasteiger partial charge on any atom is 0.216 e. The van der Waals surface area contributed by atoms with Gasteiger partial charge >= 0.3 is 0 Å². The second-order valence-electron chi connectivity index (χ2n) is 7.08. The number of halogens is 1. The summed E-state index contributed by atoms with van der Waals surface area (Å²) in [6.45, 7) is 5.55. The molecule has 2 fully saturated rings. The number of rotatable bonds is 6. The van der Waals surface area contributed by atoms with Crippen molar-refractivity contribution in [2.75, 3.05) is 52.6 Å². The molecule has 0 N–H and O–H groups in total. The quantitative estimate of drug-likeness (QED) is 0.690. The van der Waals surface area contributed by atoms with E-state index in [-0.39, 0.29) is 17.9 Å². The van der Waals surface area contributed by atoms with Crippen molar-refractivity contribution in [1.29, 1.82) is 0 Å². The summed E-state index contributed by atoms with van der Waals surface area (Å²) < 4.78 is 16.6. The lowest BCUT2D eigenvalue weighted by Gasteiger charge is -2.44. The molecule has 6 nitrogen and oxygen atoms in total. The van der Waals surface area contributed by atoms with Gasteiger partial charge in [-0.1, -0.05) is 23.7 Å². The topological polar surface area (TPSA) is 55.2 Å². The van der Waals surface area contributed by atoms with E-state index in [1.807, 2.05) is 24.3 Å². The largest absolute Gasteiger partial charge is 0.461 e. The average molecular weight is 405 g/mol. The standard InChI is InChI=1S/C21H25ClN2O4/c22-17-5-3-16(4-6-17)19(23-7-12-26-13-8-23)20(24-9-14-27-15-10-24)21(25)18-2-1-11-28-18/h1-6,11,19-20H,7-10,12-15H2/t19-,20+/m0/s1. The van der Waals surface area contributed by atoms with Gasteiger partial charge in [-0.05, 0) is 29.8 Å². The van der Waals surface area contributed by atoms with Gasteiger partial charge in [0.25, 0.3) is 0 Å². The van der Waals surface area contributed by atoms with Crippen LogP contribution in [0.1, 0.15) is 22.2 Å². The first-order chi connectivity index (χ1) is 13.7. The maximum absolute atomic E-state index is 13.6. The lowest BCUT2D eigenvalue weighted by Crippen LogP contribution is -2.55. The zero-order valence-corrected chi connectivity index (χ0v) is 16.5. The highest BCUT2D eigenvalue weighted by Crippen LogP contribution is 2.32. The number of ketones is 1. The minimum Gasteiger partial charge on any atom is -0.461 e. The van der Waals surface area contributed by atoms with Crippen LogP contribution in [0.3, 0.4) is 0 Å². The summed E-state index contributed by atoms with van der Waals surface area (Å²) >= 11 is 6.13. The molecular weight excluding hydrogens is 380 g/mol. The Labute approximate surface area is 169 Å². The van der Waals surface area contributed by atoms with Crippen LogP contribution < -0.4 is 0 Å². The van der Waals surface area contributed by atoms with Gasteiger partial charge in [0, 0.05) is 31.2 Å². The lowest BCUT2D eigenvalue weighted by atomic mass is 9.91. The van der Waals surface area contributed by atoms with Crippen LogP contribution in [-0.2, 0) is 9.47 Å². The number of Topliss-reactive ketones (excluding diaryl/α,β-unsaturated/α-hetero) is 1. The first-order valence-corrected chi connectivity index (χ1v) is 10.1. The van der Waals surface area contributed by atoms with Crippen molar-refractivity contribution >= 4 is 17.4 Å². The van der Waals surface area contributed by atoms with Crippen LogP contribution >= 0.6 is 11.6 Å². The van der Waals surface area contributed by atoms with E-state index in [2.05, 4.69) is 9.80 Å². The Morgan fingerprint density at radius 2 is 1.50 bits per heavy atom. The van der Waals surface area contributed by atoms with Crippen LogP contribution in [0.15, 0.2) is 47.1 Å². The zero-order chi connectivity index (χ0) is 19.3. The van der Waals surface area contributed by atoms with Gasteiger partial charge < -0.3 is 13.9 Å². The molecule has 1 aromatic heterocycles. The first-order valence-electron chi connectivity index (χ1n) is 9.71. The number of hydrogen-bond acceptors (Lipinski definition) is 6.